The highest BCUT2D eigenvalue weighted by Gasteiger charge is 2.13. The van der Waals surface area contributed by atoms with Gasteiger partial charge in [0.1, 0.15) is 23.8 Å². The lowest BCUT2D eigenvalue weighted by Crippen LogP contribution is -2.02. The molecule has 0 radical (unpaired) electrons. The lowest BCUT2D eigenvalue weighted by molar-refractivity contribution is 1.04. The van der Waals surface area contributed by atoms with Gasteiger partial charge < -0.3 is 10.6 Å². The summed E-state index contributed by atoms with van der Waals surface area (Å²) in [5.41, 5.74) is 5.30. The first-order valence-corrected chi connectivity index (χ1v) is 10.4. The van der Waals surface area contributed by atoms with Gasteiger partial charge in [-0.05, 0) is 48.0 Å². The van der Waals surface area contributed by atoms with Gasteiger partial charge in [-0.15, -0.1) is 0 Å². The van der Waals surface area contributed by atoms with Crippen molar-refractivity contribution in [2.45, 2.75) is 6.54 Å². The Morgan fingerprint density at radius 2 is 1.88 bits per heavy atom. The Morgan fingerprint density at radius 1 is 1.03 bits per heavy atom. The molecule has 0 bridgehead atoms. The minimum atomic E-state index is 0.409. The summed E-state index contributed by atoms with van der Waals surface area (Å²) in [7, 11) is 0. The van der Waals surface area contributed by atoms with E-state index in [4.69, 9.17) is 11.6 Å². The second-order valence-corrected chi connectivity index (χ2v) is 7.63. The van der Waals surface area contributed by atoms with Crippen molar-refractivity contribution in [2.24, 2.45) is 0 Å². The maximum atomic E-state index is 9.62. The van der Waals surface area contributed by atoms with Gasteiger partial charge in [0.05, 0.1) is 11.0 Å². The van der Waals surface area contributed by atoms with E-state index in [0.717, 1.165) is 28.0 Å². The monoisotopic (exact) mass is 439 g/mol. The maximum absolute atomic E-state index is 9.62. The maximum Gasteiger partial charge on any atom is 0.168 e. The molecule has 8 heteroatoms. The quantitative estimate of drug-likeness (QED) is 0.319. The van der Waals surface area contributed by atoms with E-state index in [1.165, 1.54) is 0 Å². The van der Waals surface area contributed by atoms with E-state index in [-0.39, 0.29) is 0 Å². The first kappa shape index (κ1) is 19.7. The minimum Gasteiger partial charge on any atom is -0.363 e. The van der Waals surface area contributed by atoms with Crippen LogP contribution in [0.25, 0.3) is 16.7 Å². The average Bonchev–Trinajstić information content (AvgIpc) is 3.42. The number of nitriles is 1. The van der Waals surface area contributed by atoms with Crippen molar-refractivity contribution in [1.82, 2.24) is 19.7 Å². The molecule has 5 rings (SSSR count). The molecule has 7 nitrogen and oxygen atoms in total. The number of H-pyrrole nitrogens is 1. The van der Waals surface area contributed by atoms with Crippen LogP contribution < -0.4 is 10.6 Å². The van der Waals surface area contributed by atoms with Gasteiger partial charge in [-0.25, -0.2) is 4.98 Å². The summed E-state index contributed by atoms with van der Waals surface area (Å²) in [5.74, 6) is 1.00. The Morgan fingerprint density at radius 3 is 2.69 bits per heavy atom. The van der Waals surface area contributed by atoms with Gasteiger partial charge in [0.15, 0.2) is 5.82 Å². The first-order chi connectivity index (χ1) is 15.7. The molecule has 3 aromatic carbocycles. The van der Waals surface area contributed by atoms with Crippen molar-refractivity contribution >= 4 is 40.0 Å². The number of rotatable bonds is 6. The number of imidazole rings is 1. The van der Waals surface area contributed by atoms with Crippen molar-refractivity contribution in [3.8, 4) is 11.8 Å². The Hall–Kier alpha value is -4.28. The van der Waals surface area contributed by atoms with Crippen LogP contribution in [0.2, 0.25) is 5.02 Å². The van der Waals surface area contributed by atoms with Crippen molar-refractivity contribution < 1.29 is 0 Å². The number of halogens is 1. The Balaban J connectivity index is 1.30. The molecule has 156 valence electrons. The number of anilines is 3. The Bertz CT molecular complexity index is 1430. The van der Waals surface area contributed by atoms with Gasteiger partial charge in [0, 0.05) is 22.9 Å². The predicted octanol–water partition coefficient (Wildman–Crippen LogP) is 5.63. The minimum absolute atomic E-state index is 0.409. The van der Waals surface area contributed by atoms with E-state index in [1.807, 2.05) is 67.0 Å². The Labute approximate surface area is 189 Å². The molecule has 0 spiro atoms. The fourth-order valence-corrected chi connectivity index (χ4v) is 3.70. The van der Waals surface area contributed by atoms with Gasteiger partial charge in [-0.2, -0.15) is 10.4 Å². The molecule has 0 aliphatic carbocycles. The van der Waals surface area contributed by atoms with Crippen LogP contribution in [0.3, 0.4) is 0 Å². The van der Waals surface area contributed by atoms with Crippen LogP contribution in [0.1, 0.15) is 11.1 Å². The number of benzene rings is 3. The van der Waals surface area contributed by atoms with Crippen LogP contribution in [-0.2, 0) is 6.54 Å². The molecule has 0 atom stereocenters. The zero-order chi connectivity index (χ0) is 21.9. The molecule has 3 N–H and O–H groups in total. The van der Waals surface area contributed by atoms with E-state index in [9.17, 15) is 5.26 Å². The summed E-state index contributed by atoms with van der Waals surface area (Å²) in [6, 6.07) is 25.7. The van der Waals surface area contributed by atoms with Crippen LogP contribution >= 0.6 is 11.6 Å². The molecule has 2 heterocycles. The molecule has 0 amide bonds. The van der Waals surface area contributed by atoms with E-state index in [0.29, 0.717) is 28.8 Å². The largest absolute Gasteiger partial charge is 0.363 e. The van der Waals surface area contributed by atoms with Crippen molar-refractivity contribution in [2.75, 3.05) is 10.6 Å². The topological polar surface area (TPSA) is 94.3 Å². The van der Waals surface area contributed by atoms with Gasteiger partial charge in [-0.3, -0.25) is 9.67 Å². The molecule has 0 aliphatic rings. The molecule has 0 unspecified atom stereocenters. The normalized spacial score (nSPS) is 10.8. The average molecular weight is 440 g/mol. The van der Waals surface area contributed by atoms with Crippen LogP contribution in [0.15, 0.2) is 79.1 Å². The molecular weight excluding hydrogens is 422 g/mol. The molecule has 0 saturated carbocycles. The second kappa shape index (κ2) is 8.46. The van der Waals surface area contributed by atoms with E-state index < -0.39 is 0 Å². The third-order valence-corrected chi connectivity index (χ3v) is 5.34. The van der Waals surface area contributed by atoms with Crippen LogP contribution in [0, 0.1) is 11.3 Å². The van der Waals surface area contributed by atoms with Crippen LogP contribution in [0.5, 0.6) is 0 Å². The molecule has 0 fully saturated rings. The third-order valence-electron chi connectivity index (χ3n) is 5.10. The number of aromatic nitrogens is 4. The molecule has 2 aromatic heterocycles. The van der Waals surface area contributed by atoms with Crippen molar-refractivity contribution in [3.05, 3.63) is 95.3 Å². The highest BCUT2D eigenvalue weighted by molar-refractivity contribution is 6.30. The van der Waals surface area contributed by atoms with E-state index >= 15 is 0 Å². The summed E-state index contributed by atoms with van der Waals surface area (Å²) in [6.07, 6.45) is 1.83. The SMILES string of the molecule is N#Cc1c(NCc2ccc(-n3cnc4ccccc43)cc2)n[nH]c1Nc1cccc(Cl)c1. The van der Waals surface area contributed by atoms with Crippen LogP contribution in [-0.4, -0.2) is 19.7 Å². The molecule has 32 heavy (non-hydrogen) atoms. The zero-order valence-electron chi connectivity index (χ0n) is 16.9. The predicted molar refractivity (Wildman–Crippen MR) is 126 cm³/mol. The fourth-order valence-electron chi connectivity index (χ4n) is 3.50. The molecule has 0 aliphatic heterocycles. The highest BCUT2D eigenvalue weighted by atomic mass is 35.5. The van der Waals surface area contributed by atoms with Gasteiger partial charge >= 0.3 is 0 Å². The number of hydrogen-bond acceptors (Lipinski definition) is 5. The second-order valence-electron chi connectivity index (χ2n) is 7.19. The number of aromatic amines is 1. The lowest BCUT2D eigenvalue weighted by Gasteiger charge is -2.08. The van der Waals surface area contributed by atoms with Crippen LogP contribution in [0.4, 0.5) is 17.3 Å². The highest BCUT2D eigenvalue weighted by Crippen LogP contribution is 2.26. The van der Waals surface area contributed by atoms with Gasteiger partial charge in [0.25, 0.3) is 0 Å². The van der Waals surface area contributed by atoms with Gasteiger partial charge in [-0.1, -0.05) is 41.9 Å². The number of nitrogens with one attached hydrogen (secondary N) is 3. The molecule has 0 saturated heterocycles. The summed E-state index contributed by atoms with van der Waals surface area (Å²) in [4.78, 5) is 4.44. The smallest absolute Gasteiger partial charge is 0.168 e. The number of fused-ring (bicyclic) bond motifs is 1. The zero-order valence-corrected chi connectivity index (χ0v) is 17.6. The lowest BCUT2D eigenvalue weighted by atomic mass is 10.2. The molecular formula is C24H18ClN7. The summed E-state index contributed by atoms with van der Waals surface area (Å²) < 4.78 is 2.06. The first-order valence-electron chi connectivity index (χ1n) is 9.97. The van der Waals surface area contributed by atoms with Gasteiger partial charge in [0.2, 0.25) is 0 Å². The van der Waals surface area contributed by atoms with Crippen molar-refractivity contribution in [3.63, 3.8) is 0 Å². The Kier molecular flexibility index (Phi) is 5.20. The third kappa shape index (κ3) is 3.87. The number of para-hydroxylation sites is 2. The summed E-state index contributed by atoms with van der Waals surface area (Å²) >= 11 is 6.03. The van der Waals surface area contributed by atoms with Crippen molar-refractivity contribution in [1.29, 1.82) is 5.26 Å². The fraction of sp³-hybridized carbons (Fsp3) is 0.0417. The van der Waals surface area contributed by atoms with E-state index in [2.05, 4.69) is 36.5 Å². The standard InChI is InChI=1S/C24H18ClN7/c25-17-4-3-5-18(12-17)29-24-20(13-26)23(30-31-24)27-14-16-8-10-19(11-9-16)32-15-28-21-6-1-2-7-22(21)32/h1-12,15H,14H2,(H3,27,29,30,31). The summed E-state index contributed by atoms with van der Waals surface area (Å²) in [6.45, 7) is 0.529. The summed E-state index contributed by atoms with van der Waals surface area (Å²) in [5, 5.41) is 23.7. The molecule has 5 aromatic rings. The van der Waals surface area contributed by atoms with E-state index in [1.54, 1.807) is 12.1 Å². The number of hydrogen-bond donors (Lipinski definition) is 3. The number of nitrogens with zero attached hydrogens (tertiary/aromatic N) is 4.